The van der Waals surface area contributed by atoms with E-state index in [2.05, 4.69) is 58.2 Å². The van der Waals surface area contributed by atoms with Crippen LogP contribution in [0.2, 0.25) is 0 Å². The molecule has 0 amide bonds. The number of aromatic nitrogens is 2. The van der Waals surface area contributed by atoms with Gasteiger partial charge in [0.25, 0.3) is 10.1 Å². The van der Waals surface area contributed by atoms with Gasteiger partial charge in [0.1, 0.15) is 0 Å². The Hall–Kier alpha value is -3.20. The fourth-order valence-corrected chi connectivity index (χ4v) is 5.26. The van der Waals surface area contributed by atoms with Crippen LogP contribution in [0.4, 0.5) is 5.69 Å². The molecule has 0 bridgehead atoms. The van der Waals surface area contributed by atoms with Crippen LogP contribution < -0.4 is 4.90 Å². The highest BCUT2D eigenvalue weighted by molar-refractivity contribution is 7.85. The normalized spacial score (nSPS) is 19.9. The molecule has 2 atom stereocenters. The van der Waals surface area contributed by atoms with Gasteiger partial charge in [-0.15, -0.1) is 0 Å². The van der Waals surface area contributed by atoms with Gasteiger partial charge in [-0.2, -0.15) is 8.42 Å². The van der Waals surface area contributed by atoms with Gasteiger partial charge in [-0.25, -0.2) is 0 Å². The summed E-state index contributed by atoms with van der Waals surface area (Å²) in [5.41, 5.74) is 5.58. The van der Waals surface area contributed by atoms with Crippen molar-refractivity contribution in [2.75, 3.05) is 31.6 Å². The molecule has 2 fully saturated rings. The van der Waals surface area contributed by atoms with Gasteiger partial charge in [0, 0.05) is 54.3 Å². The van der Waals surface area contributed by atoms with Crippen LogP contribution in [-0.4, -0.2) is 60.6 Å². The quantitative estimate of drug-likeness (QED) is 0.431. The van der Waals surface area contributed by atoms with Crippen molar-refractivity contribution in [2.24, 2.45) is 5.92 Å². The molecule has 176 valence electrons. The average molecular weight is 477 g/mol. The summed E-state index contributed by atoms with van der Waals surface area (Å²) in [6, 6.07) is 19.6. The zero-order chi connectivity index (χ0) is 23.9. The highest BCUT2D eigenvalue weighted by Gasteiger charge is 2.43. The smallest absolute Gasteiger partial charge is 0.294 e. The number of rotatable bonds is 3. The molecule has 34 heavy (non-hydrogen) atoms. The van der Waals surface area contributed by atoms with Crippen LogP contribution in [0.5, 0.6) is 0 Å². The predicted molar refractivity (Wildman–Crippen MR) is 135 cm³/mol. The zero-order valence-corrected chi connectivity index (χ0v) is 20.0. The van der Waals surface area contributed by atoms with E-state index in [0.717, 1.165) is 29.8 Å². The molecule has 2 saturated heterocycles. The highest BCUT2D eigenvalue weighted by Crippen LogP contribution is 2.34. The second-order valence-electron chi connectivity index (χ2n) is 9.14. The van der Waals surface area contributed by atoms with E-state index in [0.29, 0.717) is 0 Å². The third-order valence-electron chi connectivity index (χ3n) is 6.78. The Morgan fingerprint density at radius 2 is 1.79 bits per heavy atom. The Labute approximate surface area is 199 Å². The molecule has 4 aromatic rings. The van der Waals surface area contributed by atoms with E-state index in [1.54, 1.807) is 12.1 Å². The molecule has 2 aliphatic heterocycles. The Kier molecular flexibility index (Phi) is 5.89. The lowest BCUT2D eigenvalue weighted by atomic mass is 9.93. The number of hydrogen-bond donors (Lipinski definition) is 2. The molecule has 0 unspecified atom stereocenters. The minimum atomic E-state index is -4.02. The summed E-state index contributed by atoms with van der Waals surface area (Å²) in [6.45, 7) is 5.39. The van der Waals surface area contributed by atoms with E-state index < -0.39 is 10.1 Å². The van der Waals surface area contributed by atoms with Gasteiger partial charge in [-0.3, -0.25) is 9.54 Å². The fourth-order valence-electron chi connectivity index (χ4n) is 4.78. The van der Waals surface area contributed by atoms with E-state index >= 15 is 0 Å². The number of fused-ring (bicyclic) bond motifs is 2. The van der Waals surface area contributed by atoms with Crippen molar-refractivity contribution in [3.63, 3.8) is 0 Å². The van der Waals surface area contributed by atoms with Crippen LogP contribution in [0.15, 0.2) is 78.0 Å². The first-order valence-electron chi connectivity index (χ1n) is 11.3. The predicted octanol–water partition coefficient (Wildman–Crippen LogP) is 4.22. The van der Waals surface area contributed by atoms with Crippen LogP contribution in [0.1, 0.15) is 5.56 Å². The number of anilines is 1. The van der Waals surface area contributed by atoms with Gasteiger partial charge >= 0.3 is 0 Å². The molecule has 2 N–H and O–H groups in total. The van der Waals surface area contributed by atoms with E-state index in [1.165, 1.54) is 47.4 Å². The molecule has 2 aromatic carbocycles. The van der Waals surface area contributed by atoms with Gasteiger partial charge in [-0.1, -0.05) is 23.8 Å². The summed E-state index contributed by atoms with van der Waals surface area (Å²) in [6.07, 6.45) is 4.01. The van der Waals surface area contributed by atoms with E-state index in [-0.39, 0.29) is 4.90 Å². The largest absolute Gasteiger partial charge is 0.368 e. The molecule has 7 nitrogen and oxygen atoms in total. The molecule has 4 heterocycles. The number of H-pyrrole nitrogens is 1. The molecule has 0 spiro atoms. The minimum Gasteiger partial charge on any atom is -0.368 e. The second kappa shape index (κ2) is 8.87. The van der Waals surface area contributed by atoms with Crippen molar-refractivity contribution in [1.82, 2.24) is 14.9 Å². The Bertz CT molecular complexity index is 1400. The van der Waals surface area contributed by atoms with Crippen molar-refractivity contribution >= 4 is 26.7 Å². The van der Waals surface area contributed by atoms with Gasteiger partial charge in [0.2, 0.25) is 0 Å². The second-order valence-corrected chi connectivity index (χ2v) is 10.6. The van der Waals surface area contributed by atoms with Gasteiger partial charge < -0.3 is 14.8 Å². The van der Waals surface area contributed by atoms with Crippen LogP contribution in [0.3, 0.4) is 0 Å². The van der Waals surface area contributed by atoms with Crippen LogP contribution in [0.25, 0.3) is 22.2 Å². The first-order chi connectivity index (χ1) is 16.3. The summed E-state index contributed by atoms with van der Waals surface area (Å²) in [4.78, 5) is 12.8. The highest BCUT2D eigenvalue weighted by atomic mass is 32.2. The van der Waals surface area contributed by atoms with Gasteiger partial charge in [-0.05, 0) is 56.4 Å². The number of aromatic amines is 1. The standard InChI is InChI=1S/C19H20N4.C7H8O3S/c1-22-10-15-11-23(12-19(15)22)16-3-5-18(21-9-16)13-2-4-17-14(8-13)6-7-20-17;1-6-2-4-7(5-3-6)11(8,9)10/h2-9,15,19-20H,10-12H2,1H3;2-5H,1H3,(H,8,9,10)/t15-,19+;/m1./s1. The number of pyridine rings is 1. The number of likely N-dealkylation sites (tertiary alicyclic amines) is 1. The van der Waals surface area contributed by atoms with Crippen LogP contribution >= 0.6 is 0 Å². The van der Waals surface area contributed by atoms with Crippen molar-refractivity contribution in [1.29, 1.82) is 0 Å². The van der Waals surface area contributed by atoms with Crippen molar-refractivity contribution < 1.29 is 13.0 Å². The number of hydrogen-bond acceptors (Lipinski definition) is 5. The number of nitrogens with zero attached hydrogens (tertiary/aromatic N) is 3. The molecular weight excluding hydrogens is 448 g/mol. The number of aryl methyl sites for hydroxylation is 1. The number of benzene rings is 2. The molecule has 6 rings (SSSR count). The van der Waals surface area contributed by atoms with Crippen LogP contribution in [0, 0.1) is 12.8 Å². The third kappa shape index (κ3) is 4.57. The first kappa shape index (κ1) is 22.6. The number of likely N-dealkylation sites (N-methyl/N-ethyl adjacent to an activating group) is 1. The van der Waals surface area contributed by atoms with E-state index in [9.17, 15) is 8.42 Å². The summed E-state index contributed by atoms with van der Waals surface area (Å²) in [5.74, 6) is 0.843. The maximum absolute atomic E-state index is 10.5. The summed E-state index contributed by atoms with van der Waals surface area (Å²) in [7, 11) is -1.79. The Balaban J connectivity index is 0.000000186. The molecule has 0 aliphatic carbocycles. The Morgan fingerprint density at radius 1 is 1.00 bits per heavy atom. The topological polar surface area (TPSA) is 89.5 Å². The van der Waals surface area contributed by atoms with Crippen LogP contribution in [-0.2, 0) is 10.1 Å². The minimum absolute atomic E-state index is 0.0666. The molecule has 0 saturated carbocycles. The molecule has 2 aliphatic rings. The average Bonchev–Trinajstić information content (AvgIpc) is 3.43. The van der Waals surface area contributed by atoms with Gasteiger partial charge in [0.05, 0.1) is 22.5 Å². The number of nitrogens with one attached hydrogen (secondary N) is 1. The first-order valence-corrected chi connectivity index (χ1v) is 12.7. The third-order valence-corrected chi connectivity index (χ3v) is 7.64. The molecule has 8 heteroatoms. The summed E-state index contributed by atoms with van der Waals surface area (Å²) >= 11 is 0. The summed E-state index contributed by atoms with van der Waals surface area (Å²) in [5, 5.41) is 1.23. The SMILES string of the molecule is CN1C[C@@H]2CN(c3ccc(-c4ccc5[nH]ccc5c4)nc3)C[C@@H]21.Cc1ccc(S(=O)(=O)O)cc1. The molecular formula is C26H28N4O3S. The van der Waals surface area contributed by atoms with E-state index in [4.69, 9.17) is 9.54 Å². The van der Waals surface area contributed by atoms with E-state index in [1.807, 2.05) is 19.3 Å². The monoisotopic (exact) mass is 476 g/mol. The van der Waals surface area contributed by atoms with Crippen molar-refractivity contribution in [3.8, 4) is 11.3 Å². The summed E-state index contributed by atoms with van der Waals surface area (Å²) < 4.78 is 29.6. The lowest BCUT2D eigenvalue weighted by Crippen LogP contribution is -2.52. The van der Waals surface area contributed by atoms with Gasteiger partial charge in [0.15, 0.2) is 0 Å². The Morgan fingerprint density at radius 3 is 2.44 bits per heavy atom. The molecule has 0 radical (unpaired) electrons. The lowest BCUT2D eigenvalue weighted by Gasteiger charge is -2.40. The van der Waals surface area contributed by atoms with Crippen molar-refractivity contribution in [3.05, 3.63) is 78.6 Å². The van der Waals surface area contributed by atoms with Crippen molar-refractivity contribution in [2.45, 2.75) is 17.9 Å². The zero-order valence-electron chi connectivity index (χ0n) is 19.2. The lowest BCUT2D eigenvalue weighted by molar-refractivity contribution is 0.0827. The maximum Gasteiger partial charge on any atom is 0.294 e. The molecule has 2 aromatic heterocycles. The maximum atomic E-state index is 10.5. The fraction of sp³-hybridized carbons (Fsp3) is 0.269.